The topological polar surface area (TPSA) is 68.9 Å². The van der Waals surface area contributed by atoms with Crippen molar-refractivity contribution >= 4 is 33.3 Å². The molecule has 0 aliphatic carbocycles. The predicted octanol–water partition coefficient (Wildman–Crippen LogP) is 2.10. The Morgan fingerprint density at radius 3 is 2.67 bits per heavy atom. The maximum atomic E-state index is 9.99. The molecule has 0 saturated carbocycles. The molecule has 6 nitrogen and oxygen atoms in total. The van der Waals surface area contributed by atoms with E-state index < -0.39 is 0 Å². The van der Waals surface area contributed by atoms with E-state index >= 15 is 0 Å². The molecule has 144 valence electrons. The van der Waals surface area contributed by atoms with Crippen molar-refractivity contribution in [2.75, 3.05) is 55.4 Å². The van der Waals surface area contributed by atoms with Crippen LogP contribution in [0.2, 0.25) is 0 Å². The number of hydrogen-bond donors (Lipinski definition) is 2. The quantitative estimate of drug-likeness (QED) is 0.775. The Morgan fingerprint density at radius 2 is 1.93 bits per heavy atom. The van der Waals surface area contributed by atoms with Crippen molar-refractivity contribution in [3.05, 3.63) is 45.9 Å². The summed E-state index contributed by atoms with van der Waals surface area (Å²) in [6.07, 6.45) is 0.805. The normalized spacial score (nSPS) is 20.6. The molecule has 1 saturated heterocycles. The summed E-state index contributed by atoms with van der Waals surface area (Å²) >= 11 is 3.56. The Labute approximate surface area is 168 Å². The molecule has 1 aromatic heterocycles. The summed E-state index contributed by atoms with van der Waals surface area (Å²) < 4.78 is 1.07. The molecule has 2 aromatic rings. The molecule has 3 heterocycles. The smallest absolute Gasteiger partial charge is 0.133 e. The molecular weight excluding hydrogens is 406 g/mol. The second-order valence-electron chi connectivity index (χ2n) is 7.48. The predicted molar refractivity (Wildman–Crippen MR) is 113 cm³/mol. The zero-order valence-electron chi connectivity index (χ0n) is 15.6. The standard InChI is InChI=1S/C20H26BrN5O/c1-24-4-6-25(7-5-24)17-10-19(22)23-20(11-17)26-12-15-8-16(21)3-2-14(15)9-18(26)13-27/h2-3,8,10-11,18,27H,4-7,9,12-13H2,1H3,(H2,22,23). The van der Waals surface area contributed by atoms with Crippen molar-refractivity contribution in [1.29, 1.82) is 0 Å². The van der Waals surface area contributed by atoms with Gasteiger partial charge in [-0.3, -0.25) is 0 Å². The van der Waals surface area contributed by atoms with Gasteiger partial charge in [-0.25, -0.2) is 4.98 Å². The van der Waals surface area contributed by atoms with Crippen LogP contribution in [-0.2, 0) is 13.0 Å². The number of nitrogen functional groups attached to an aromatic ring is 1. The first-order chi connectivity index (χ1) is 13.0. The van der Waals surface area contributed by atoms with E-state index in [-0.39, 0.29) is 12.6 Å². The van der Waals surface area contributed by atoms with E-state index in [1.807, 2.05) is 6.07 Å². The SMILES string of the molecule is CN1CCN(c2cc(N)nc(N3Cc4cc(Br)ccc4CC3CO)c2)CC1. The Balaban J connectivity index is 1.65. The maximum absolute atomic E-state index is 9.99. The average molecular weight is 432 g/mol. The van der Waals surface area contributed by atoms with E-state index in [2.05, 4.69) is 66.9 Å². The van der Waals surface area contributed by atoms with Gasteiger partial charge in [-0.2, -0.15) is 0 Å². The molecular formula is C20H26BrN5O. The summed E-state index contributed by atoms with van der Waals surface area (Å²) in [6.45, 7) is 4.87. The number of aromatic nitrogens is 1. The maximum Gasteiger partial charge on any atom is 0.133 e. The summed E-state index contributed by atoms with van der Waals surface area (Å²) in [5.41, 5.74) is 9.83. The highest BCUT2D eigenvalue weighted by atomic mass is 79.9. The summed E-state index contributed by atoms with van der Waals surface area (Å²) in [7, 11) is 2.15. The zero-order chi connectivity index (χ0) is 19.0. The van der Waals surface area contributed by atoms with Crippen LogP contribution in [0.4, 0.5) is 17.3 Å². The minimum absolute atomic E-state index is 0.00770. The number of hydrogen-bond acceptors (Lipinski definition) is 6. The zero-order valence-corrected chi connectivity index (χ0v) is 17.2. The molecule has 0 spiro atoms. The Kier molecular flexibility index (Phi) is 5.25. The van der Waals surface area contributed by atoms with Gasteiger partial charge in [0.15, 0.2) is 0 Å². The monoisotopic (exact) mass is 431 g/mol. The van der Waals surface area contributed by atoms with Crippen LogP contribution in [0.25, 0.3) is 0 Å². The number of aliphatic hydroxyl groups excluding tert-OH is 1. The van der Waals surface area contributed by atoms with Crippen LogP contribution in [0.1, 0.15) is 11.1 Å². The molecule has 27 heavy (non-hydrogen) atoms. The van der Waals surface area contributed by atoms with Crippen LogP contribution >= 0.6 is 15.9 Å². The molecule has 1 atom stereocenters. The fraction of sp³-hybridized carbons (Fsp3) is 0.450. The number of pyridine rings is 1. The van der Waals surface area contributed by atoms with Crippen LogP contribution in [0.15, 0.2) is 34.8 Å². The van der Waals surface area contributed by atoms with E-state index in [0.717, 1.165) is 55.1 Å². The van der Waals surface area contributed by atoms with Crippen molar-refractivity contribution in [3.8, 4) is 0 Å². The second kappa shape index (κ2) is 7.66. The van der Waals surface area contributed by atoms with Gasteiger partial charge in [-0.15, -0.1) is 0 Å². The van der Waals surface area contributed by atoms with Crippen molar-refractivity contribution < 1.29 is 5.11 Å². The number of fused-ring (bicyclic) bond motifs is 1. The highest BCUT2D eigenvalue weighted by molar-refractivity contribution is 9.10. The average Bonchev–Trinajstić information content (AvgIpc) is 2.67. The van der Waals surface area contributed by atoms with Crippen molar-refractivity contribution in [2.45, 2.75) is 19.0 Å². The van der Waals surface area contributed by atoms with Gasteiger partial charge in [0.05, 0.1) is 12.6 Å². The van der Waals surface area contributed by atoms with Gasteiger partial charge in [0.2, 0.25) is 0 Å². The summed E-state index contributed by atoms with van der Waals surface area (Å²) in [4.78, 5) is 11.5. The highest BCUT2D eigenvalue weighted by Gasteiger charge is 2.28. The van der Waals surface area contributed by atoms with Crippen LogP contribution in [0.5, 0.6) is 0 Å². The number of piperazine rings is 1. The third kappa shape index (κ3) is 3.90. The lowest BCUT2D eigenvalue weighted by Crippen LogP contribution is -2.45. The minimum atomic E-state index is 0.00770. The van der Waals surface area contributed by atoms with Crippen LogP contribution in [-0.4, -0.2) is 60.9 Å². The number of anilines is 3. The molecule has 0 bridgehead atoms. The largest absolute Gasteiger partial charge is 0.394 e. The third-order valence-electron chi connectivity index (χ3n) is 5.60. The molecule has 4 rings (SSSR count). The molecule has 2 aliphatic rings. The fourth-order valence-corrected chi connectivity index (χ4v) is 4.37. The molecule has 7 heteroatoms. The van der Waals surface area contributed by atoms with Gasteiger partial charge in [0.1, 0.15) is 11.6 Å². The van der Waals surface area contributed by atoms with Gasteiger partial charge in [0, 0.05) is 55.0 Å². The summed E-state index contributed by atoms with van der Waals surface area (Å²) in [6, 6.07) is 10.4. The molecule has 1 fully saturated rings. The van der Waals surface area contributed by atoms with Crippen LogP contribution < -0.4 is 15.5 Å². The lowest BCUT2D eigenvalue weighted by molar-refractivity contribution is 0.253. The number of halogens is 1. The number of likely N-dealkylation sites (N-methyl/N-ethyl adjacent to an activating group) is 1. The van der Waals surface area contributed by atoms with E-state index in [0.29, 0.717) is 5.82 Å². The lowest BCUT2D eigenvalue weighted by atomic mass is 9.94. The Hall–Kier alpha value is -1.83. The number of nitrogens with two attached hydrogens (primary N) is 1. The number of nitrogens with zero attached hydrogens (tertiary/aromatic N) is 4. The second-order valence-corrected chi connectivity index (χ2v) is 8.40. The Bertz CT molecular complexity index is 822. The number of rotatable bonds is 3. The van der Waals surface area contributed by atoms with E-state index in [4.69, 9.17) is 5.73 Å². The van der Waals surface area contributed by atoms with E-state index in [1.54, 1.807) is 0 Å². The van der Waals surface area contributed by atoms with Crippen molar-refractivity contribution in [1.82, 2.24) is 9.88 Å². The van der Waals surface area contributed by atoms with Crippen LogP contribution in [0.3, 0.4) is 0 Å². The van der Waals surface area contributed by atoms with Gasteiger partial charge in [0.25, 0.3) is 0 Å². The van der Waals surface area contributed by atoms with Gasteiger partial charge in [-0.05, 0) is 36.7 Å². The summed E-state index contributed by atoms with van der Waals surface area (Å²) in [5, 5.41) is 9.99. The first-order valence-electron chi connectivity index (χ1n) is 9.39. The molecule has 2 aliphatic heterocycles. The lowest BCUT2D eigenvalue weighted by Gasteiger charge is -2.38. The fourth-order valence-electron chi connectivity index (χ4n) is 3.97. The van der Waals surface area contributed by atoms with Gasteiger partial charge < -0.3 is 25.5 Å². The molecule has 0 radical (unpaired) electrons. The first-order valence-corrected chi connectivity index (χ1v) is 10.2. The van der Waals surface area contributed by atoms with Gasteiger partial charge >= 0.3 is 0 Å². The first kappa shape index (κ1) is 18.5. The highest BCUT2D eigenvalue weighted by Crippen LogP contribution is 2.32. The van der Waals surface area contributed by atoms with E-state index in [1.165, 1.54) is 11.1 Å². The molecule has 1 aromatic carbocycles. The van der Waals surface area contributed by atoms with Crippen molar-refractivity contribution in [3.63, 3.8) is 0 Å². The molecule has 0 amide bonds. The number of aliphatic hydroxyl groups is 1. The summed E-state index contributed by atoms with van der Waals surface area (Å²) in [5.74, 6) is 1.37. The van der Waals surface area contributed by atoms with Crippen LogP contribution in [0, 0.1) is 0 Å². The molecule has 3 N–H and O–H groups in total. The van der Waals surface area contributed by atoms with Crippen molar-refractivity contribution in [2.24, 2.45) is 0 Å². The minimum Gasteiger partial charge on any atom is -0.394 e. The number of benzene rings is 1. The Morgan fingerprint density at radius 1 is 1.15 bits per heavy atom. The molecule has 1 unspecified atom stereocenters. The van der Waals surface area contributed by atoms with Gasteiger partial charge in [-0.1, -0.05) is 22.0 Å². The van der Waals surface area contributed by atoms with E-state index in [9.17, 15) is 5.11 Å². The third-order valence-corrected chi connectivity index (χ3v) is 6.09.